The van der Waals surface area contributed by atoms with Gasteiger partial charge in [-0.05, 0) is 54.3 Å². The quantitative estimate of drug-likeness (QED) is 0.502. The molecule has 0 N–H and O–H groups in total. The first-order valence-corrected chi connectivity index (χ1v) is 11.3. The molecule has 144 valence electrons. The number of hydrogen-bond donors (Lipinski definition) is 0. The van der Waals surface area contributed by atoms with Crippen LogP contribution >= 0.6 is 0 Å². The van der Waals surface area contributed by atoms with Gasteiger partial charge in [0.2, 0.25) is 0 Å². The third-order valence-electron chi connectivity index (χ3n) is 7.59. The molecule has 2 aliphatic heterocycles. The third-order valence-corrected chi connectivity index (χ3v) is 7.59. The second-order valence-electron chi connectivity index (χ2n) is 9.42. The Morgan fingerprint density at radius 3 is 1.69 bits per heavy atom. The smallest absolute Gasteiger partial charge is 0.128 e. The molecule has 2 aliphatic rings. The van der Waals surface area contributed by atoms with Gasteiger partial charge in [0.1, 0.15) is 23.6 Å². The molecule has 4 rings (SSSR count). The Balaban J connectivity index is 1.68. The minimum Gasteiger partial charge on any atom is -0.457 e. The summed E-state index contributed by atoms with van der Waals surface area (Å²) in [5.41, 5.74) is 2.41. The van der Waals surface area contributed by atoms with Crippen LogP contribution in [0.25, 0.3) is 0 Å². The molecule has 0 aliphatic carbocycles. The van der Waals surface area contributed by atoms with Gasteiger partial charge in [-0.1, -0.05) is 6.07 Å². The molecule has 2 aromatic rings. The fourth-order valence-electron chi connectivity index (χ4n) is 5.28. The van der Waals surface area contributed by atoms with Gasteiger partial charge in [0.05, 0.1) is 38.7 Å². The van der Waals surface area contributed by atoms with Crippen molar-refractivity contribution in [3.05, 3.63) is 58.7 Å². The number of nitrogens with zero attached hydrogens (tertiary/aromatic N) is 2. The molecule has 4 atom stereocenters. The van der Waals surface area contributed by atoms with Crippen LogP contribution in [0.5, 0.6) is 11.5 Å². The molecule has 2 heterocycles. The zero-order valence-corrected chi connectivity index (χ0v) is 19.3. The minimum absolute atomic E-state index is 0.0194. The molecular formula is C20H12B12N2O. The van der Waals surface area contributed by atoms with Crippen LogP contribution in [-0.2, 0) is 12.8 Å². The lowest BCUT2D eigenvalue weighted by Crippen LogP contribution is -2.17. The third kappa shape index (κ3) is 4.61. The Kier molecular flexibility index (Phi) is 7.57. The van der Waals surface area contributed by atoms with Crippen LogP contribution in [0.3, 0.4) is 0 Å². The van der Waals surface area contributed by atoms with Crippen LogP contribution in [0.4, 0.5) is 0 Å². The maximum absolute atomic E-state index is 9.36. The van der Waals surface area contributed by atoms with Crippen molar-refractivity contribution in [3.63, 3.8) is 0 Å². The highest BCUT2D eigenvalue weighted by Crippen LogP contribution is 2.63. The van der Waals surface area contributed by atoms with Crippen molar-refractivity contribution >= 4 is 88.3 Å². The summed E-state index contributed by atoms with van der Waals surface area (Å²) in [4.78, 5) is 0. The van der Waals surface area contributed by atoms with E-state index in [0.717, 1.165) is 11.1 Å². The van der Waals surface area contributed by atoms with E-state index in [-0.39, 0.29) is 35.8 Å². The minimum atomic E-state index is -0.436. The van der Waals surface area contributed by atoms with Crippen molar-refractivity contribution in [1.82, 2.24) is 0 Å². The lowest BCUT2D eigenvalue weighted by Gasteiger charge is -2.22. The number of benzene rings is 2. The Bertz CT molecular complexity index is 1150. The summed E-state index contributed by atoms with van der Waals surface area (Å²) in [7, 11) is 42.6. The van der Waals surface area contributed by atoms with Crippen molar-refractivity contribution < 1.29 is 4.74 Å². The zero-order chi connectivity index (χ0) is 25.4. The average Bonchev–Trinajstić information content (AvgIpc) is 3.66. The first kappa shape index (κ1) is 26.1. The van der Waals surface area contributed by atoms with Crippen LogP contribution in [-0.4, -0.2) is 88.3 Å². The molecule has 0 spiro atoms. The SMILES string of the molecule is [B][10B]C1[10B]([B])C1([10B][B])Cc1cc(CC2([10B][B])[10B]([B])C2[10B][B])cc(Oc2ccc(C#N)c(C#N)c2)c1. The summed E-state index contributed by atoms with van der Waals surface area (Å²) < 4.78 is 6.13. The van der Waals surface area contributed by atoms with Crippen LogP contribution in [0, 0.1) is 22.7 Å². The van der Waals surface area contributed by atoms with Crippen LogP contribution in [0.1, 0.15) is 22.3 Å². The molecule has 4 unspecified atom stereocenters. The molecule has 16 radical (unpaired) electrons. The molecular weight excluding hydrogens is 409 g/mol. The number of nitriles is 2. The van der Waals surface area contributed by atoms with E-state index >= 15 is 0 Å². The second-order valence-corrected chi connectivity index (χ2v) is 9.42. The van der Waals surface area contributed by atoms with Gasteiger partial charge in [0.25, 0.3) is 0 Å². The molecule has 0 aromatic heterocycles. The first-order chi connectivity index (χ1) is 16.8. The van der Waals surface area contributed by atoms with Crippen LogP contribution in [0.2, 0.25) is 21.9 Å². The topological polar surface area (TPSA) is 56.8 Å². The Hall–Kier alpha value is -2.00. The maximum Gasteiger partial charge on any atom is 0.128 e. The second kappa shape index (κ2) is 10.2. The van der Waals surface area contributed by atoms with E-state index < -0.39 is 10.4 Å². The van der Waals surface area contributed by atoms with E-state index in [1.54, 1.807) is 46.9 Å². The fourth-order valence-corrected chi connectivity index (χ4v) is 5.28. The lowest BCUT2D eigenvalue weighted by molar-refractivity contribution is 0.481. The molecule has 0 saturated carbocycles. The molecule has 3 nitrogen and oxygen atoms in total. The van der Waals surface area contributed by atoms with Gasteiger partial charge in [0, 0.05) is 60.8 Å². The van der Waals surface area contributed by atoms with E-state index in [9.17, 15) is 10.5 Å². The first-order valence-electron chi connectivity index (χ1n) is 11.3. The summed E-state index contributed by atoms with van der Waals surface area (Å²) >= 11 is 0. The van der Waals surface area contributed by atoms with E-state index in [2.05, 4.69) is 6.07 Å². The van der Waals surface area contributed by atoms with Gasteiger partial charge in [-0.2, -0.15) is 10.5 Å². The number of rotatable bonds is 10. The number of ether oxygens (including phenoxy) is 1. The van der Waals surface area contributed by atoms with Crippen LogP contribution < -0.4 is 4.74 Å². The van der Waals surface area contributed by atoms with E-state index in [1.807, 2.05) is 24.3 Å². The Morgan fingerprint density at radius 1 is 0.771 bits per heavy atom. The molecule has 2 fully saturated rings. The van der Waals surface area contributed by atoms with Crippen molar-refractivity contribution in [2.75, 3.05) is 0 Å². The maximum atomic E-state index is 9.36. The highest BCUT2D eigenvalue weighted by Gasteiger charge is 2.59. The van der Waals surface area contributed by atoms with Gasteiger partial charge in [-0.15, -0.1) is 21.9 Å². The van der Waals surface area contributed by atoms with Gasteiger partial charge < -0.3 is 4.74 Å². The van der Waals surface area contributed by atoms with Gasteiger partial charge in [0.15, 0.2) is 0 Å². The Labute approximate surface area is 220 Å². The molecule has 15 heteroatoms. The summed E-state index contributed by atoms with van der Waals surface area (Å²) in [6.07, 6.45) is 1.14. The standard InChI is InChI=1S/C20H12B12N2O/c21-27-17-19(29-23,31(17)25)7-11-3-12(8-20(30-24)18(28-22)32(20)26)5-16(4-11)35-15-2-1-13(9-33)14(6-15)10-34/h1-6,17-18H,7-8H2/i27-1,28-1,29-1,30-1,31-1,32-1. The van der Waals surface area contributed by atoms with Gasteiger partial charge in [-0.25, -0.2) is 0 Å². The predicted octanol–water partition coefficient (Wildman–Crippen LogP) is -0.144. The summed E-state index contributed by atoms with van der Waals surface area (Å²) in [6, 6.07) is 14.7. The molecule has 35 heavy (non-hydrogen) atoms. The monoisotopic (exact) mass is 422 g/mol. The van der Waals surface area contributed by atoms with Crippen molar-refractivity contribution in [2.45, 2.75) is 34.7 Å². The lowest BCUT2D eigenvalue weighted by atomic mass is 8.78. The van der Waals surface area contributed by atoms with Crippen LogP contribution in [0.15, 0.2) is 36.4 Å². The number of hydrogen-bond acceptors (Lipinski definition) is 3. The van der Waals surface area contributed by atoms with Gasteiger partial charge in [-0.3, -0.25) is 0 Å². The summed E-state index contributed by atoms with van der Waals surface area (Å²) in [5.74, 6) is 1.01. The van der Waals surface area contributed by atoms with E-state index in [0.29, 0.717) is 24.3 Å². The summed E-state index contributed by atoms with van der Waals surface area (Å²) in [5, 5.41) is 17.7. The highest BCUT2D eigenvalue weighted by molar-refractivity contribution is 7.29. The van der Waals surface area contributed by atoms with E-state index in [1.165, 1.54) is 0 Å². The van der Waals surface area contributed by atoms with Crippen molar-refractivity contribution in [2.24, 2.45) is 0 Å². The normalized spacial score (nSPS) is 26.1. The largest absolute Gasteiger partial charge is 0.457 e. The van der Waals surface area contributed by atoms with Crippen molar-refractivity contribution in [3.8, 4) is 23.6 Å². The molecule has 2 aromatic carbocycles. The Morgan fingerprint density at radius 2 is 1.29 bits per heavy atom. The van der Waals surface area contributed by atoms with Gasteiger partial charge >= 0.3 is 0 Å². The average molecular weight is 421 g/mol. The molecule has 0 bridgehead atoms. The highest BCUT2D eigenvalue weighted by atomic mass is 16.5. The molecule has 2 saturated heterocycles. The summed E-state index contributed by atoms with van der Waals surface area (Å²) in [6.45, 7) is -0.335. The molecule has 0 amide bonds. The van der Waals surface area contributed by atoms with Crippen molar-refractivity contribution in [1.29, 1.82) is 10.5 Å². The van der Waals surface area contributed by atoms with E-state index in [4.69, 9.17) is 51.2 Å². The zero-order valence-electron chi connectivity index (χ0n) is 19.3. The predicted molar refractivity (Wildman–Crippen MR) is 152 cm³/mol. The fraction of sp³-hybridized carbons (Fsp3) is 0.300.